The number of aliphatic carboxylic acids is 2. The summed E-state index contributed by atoms with van der Waals surface area (Å²) in [5.41, 5.74) is 1.03. The fraction of sp³-hybridized carbons (Fsp3) is 0.250. The molecule has 0 aliphatic carbocycles. The predicted molar refractivity (Wildman–Crippen MR) is 72.0 cm³/mol. The van der Waals surface area contributed by atoms with Gasteiger partial charge in [-0.3, -0.25) is 4.79 Å². The molecule has 0 aliphatic heterocycles. The Labute approximate surface area is 119 Å². The van der Waals surface area contributed by atoms with Crippen LogP contribution in [0.1, 0.15) is 12.0 Å². The SMILES string of the molecule is Cc1cccc(Cl)c1NC(=O)N[C@@H](CC(=O)O)C(=O)O. The largest absolute Gasteiger partial charge is 0.481 e. The minimum atomic E-state index is -1.52. The molecule has 0 radical (unpaired) electrons. The Morgan fingerprint density at radius 2 is 1.95 bits per heavy atom. The summed E-state index contributed by atoms with van der Waals surface area (Å²) < 4.78 is 0. The minimum Gasteiger partial charge on any atom is -0.481 e. The highest BCUT2D eigenvalue weighted by Crippen LogP contribution is 2.24. The van der Waals surface area contributed by atoms with Crippen LogP contribution < -0.4 is 10.6 Å². The molecular weight excluding hydrogens is 288 g/mol. The maximum Gasteiger partial charge on any atom is 0.326 e. The Kier molecular flexibility index (Phi) is 5.33. The van der Waals surface area contributed by atoms with Gasteiger partial charge in [-0.15, -0.1) is 0 Å². The number of nitrogens with one attached hydrogen (secondary N) is 2. The van der Waals surface area contributed by atoms with Gasteiger partial charge in [0.05, 0.1) is 17.1 Å². The molecule has 1 aromatic carbocycles. The first-order valence-corrected chi connectivity index (χ1v) is 5.96. The zero-order valence-corrected chi connectivity index (χ0v) is 11.3. The van der Waals surface area contributed by atoms with Crippen LogP contribution in [-0.2, 0) is 9.59 Å². The average Bonchev–Trinajstić information content (AvgIpc) is 2.32. The molecule has 0 bridgehead atoms. The number of para-hydroxylation sites is 1. The summed E-state index contributed by atoms with van der Waals surface area (Å²) in [6, 6.07) is 2.62. The second kappa shape index (κ2) is 6.76. The maximum atomic E-state index is 11.7. The highest BCUT2D eigenvalue weighted by atomic mass is 35.5. The van der Waals surface area contributed by atoms with E-state index in [4.69, 9.17) is 21.8 Å². The first-order valence-electron chi connectivity index (χ1n) is 5.58. The van der Waals surface area contributed by atoms with Crippen LogP contribution in [0, 0.1) is 6.92 Å². The Bertz CT molecular complexity index is 526. The van der Waals surface area contributed by atoms with Gasteiger partial charge in [0.2, 0.25) is 0 Å². The van der Waals surface area contributed by atoms with Gasteiger partial charge in [-0.05, 0) is 18.6 Å². The van der Waals surface area contributed by atoms with Gasteiger partial charge in [0, 0.05) is 0 Å². The third kappa shape index (κ3) is 4.43. The molecule has 20 heavy (non-hydrogen) atoms. The van der Waals surface area contributed by atoms with E-state index in [9.17, 15) is 14.4 Å². The van der Waals surface area contributed by atoms with Crippen LogP contribution in [0.15, 0.2) is 18.2 Å². The van der Waals surface area contributed by atoms with Crippen molar-refractivity contribution >= 4 is 35.3 Å². The van der Waals surface area contributed by atoms with E-state index in [1.54, 1.807) is 25.1 Å². The van der Waals surface area contributed by atoms with Crippen molar-refractivity contribution in [3.8, 4) is 0 Å². The first kappa shape index (κ1) is 15.8. The number of amides is 2. The molecule has 0 saturated heterocycles. The fourth-order valence-electron chi connectivity index (χ4n) is 1.47. The van der Waals surface area contributed by atoms with Gasteiger partial charge < -0.3 is 20.8 Å². The van der Waals surface area contributed by atoms with Crippen LogP contribution in [0.2, 0.25) is 5.02 Å². The van der Waals surface area contributed by atoms with Gasteiger partial charge >= 0.3 is 18.0 Å². The lowest BCUT2D eigenvalue weighted by atomic mass is 10.2. The molecular formula is C12H13ClN2O5. The molecule has 4 N–H and O–H groups in total. The average molecular weight is 301 g/mol. The molecule has 1 aromatic rings. The lowest BCUT2D eigenvalue weighted by Crippen LogP contribution is -2.44. The van der Waals surface area contributed by atoms with E-state index >= 15 is 0 Å². The van der Waals surface area contributed by atoms with Crippen molar-refractivity contribution in [2.24, 2.45) is 0 Å². The van der Waals surface area contributed by atoms with E-state index in [1.807, 2.05) is 0 Å². The van der Waals surface area contributed by atoms with Crippen LogP contribution in [0.4, 0.5) is 10.5 Å². The smallest absolute Gasteiger partial charge is 0.326 e. The molecule has 0 unspecified atom stereocenters. The predicted octanol–water partition coefficient (Wildman–Crippen LogP) is 1.70. The molecule has 0 heterocycles. The monoisotopic (exact) mass is 300 g/mol. The fourth-order valence-corrected chi connectivity index (χ4v) is 1.74. The molecule has 0 spiro atoms. The zero-order valence-electron chi connectivity index (χ0n) is 10.5. The van der Waals surface area contributed by atoms with Crippen molar-refractivity contribution in [2.45, 2.75) is 19.4 Å². The van der Waals surface area contributed by atoms with Crippen LogP contribution in [0.25, 0.3) is 0 Å². The highest BCUT2D eigenvalue weighted by Gasteiger charge is 2.23. The number of aryl methyl sites for hydroxylation is 1. The van der Waals surface area contributed by atoms with E-state index < -0.39 is 30.4 Å². The third-order valence-electron chi connectivity index (χ3n) is 2.44. The molecule has 7 nitrogen and oxygen atoms in total. The maximum absolute atomic E-state index is 11.7. The Morgan fingerprint density at radius 3 is 2.45 bits per heavy atom. The van der Waals surface area contributed by atoms with Gasteiger partial charge in [-0.2, -0.15) is 0 Å². The first-order chi connectivity index (χ1) is 9.31. The number of carbonyl (C=O) groups is 3. The molecule has 108 valence electrons. The zero-order chi connectivity index (χ0) is 15.3. The quantitative estimate of drug-likeness (QED) is 0.660. The molecule has 8 heteroatoms. The summed E-state index contributed by atoms with van der Waals surface area (Å²) in [6.45, 7) is 1.72. The van der Waals surface area contributed by atoms with Crippen LogP contribution >= 0.6 is 11.6 Å². The summed E-state index contributed by atoms with van der Waals surface area (Å²) in [5, 5.41) is 22.1. The number of carboxylic acid groups (broad SMARTS) is 2. The lowest BCUT2D eigenvalue weighted by Gasteiger charge is -2.15. The number of rotatable bonds is 5. The Morgan fingerprint density at radius 1 is 1.30 bits per heavy atom. The van der Waals surface area contributed by atoms with Gasteiger partial charge in [0.1, 0.15) is 6.04 Å². The van der Waals surface area contributed by atoms with Gasteiger partial charge in [0.25, 0.3) is 0 Å². The van der Waals surface area contributed by atoms with Gasteiger partial charge in [-0.25, -0.2) is 9.59 Å². The Hall–Kier alpha value is -2.28. The number of urea groups is 1. The van der Waals surface area contributed by atoms with E-state index in [-0.39, 0.29) is 0 Å². The number of hydrogen-bond acceptors (Lipinski definition) is 3. The molecule has 0 saturated carbocycles. The summed E-state index contributed by atoms with van der Waals surface area (Å²) in [6.07, 6.45) is -0.718. The molecule has 1 atom stereocenters. The normalized spacial score (nSPS) is 11.5. The van der Waals surface area contributed by atoms with E-state index in [2.05, 4.69) is 10.6 Å². The van der Waals surface area contributed by atoms with E-state index in [1.165, 1.54) is 0 Å². The van der Waals surface area contributed by atoms with Crippen LogP contribution in [-0.4, -0.2) is 34.2 Å². The molecule has 0 fully saturated rings. The van der Waals surface area contributed by atoms with E-state index in [0.29, 0.717) is 16.3 Å². The van der Waals surface area contributed by atoms with Crippen molar-refractivity contribution in [2.75, 3.05) is 5.32 Å². The number of carboxylic acids is 2. The lowest BCUT2D eigenvalue weighted by molar-refractivity contribution is -0.145. The van der Waals surface area contributed by atoms with Gasteiger partial charge in [0.15, 0.2) is 0 Å². The second-order valence-electron chi connectivity index (χ2n) is 4.02. The Balaban J connectivity index is 2.76. The molecule has 2 amide bonds. The van der Waals surface area contributed by atoms with Crippen molar-refractivity contribution < 1.29 is 24.6 Å². The van der Waals surface area contributed by atoms with Gasteiger partial charge in [-0.1, -0.05) is 23.7 Å². The number of hydrogen-bond donors (Lipinski definition) is 4. The number of halogens is 1. The second-order valence-corrected chi connectivity index (χ2v) is 4.43. The summed E-state index contributed by atoms with van der Waals surface area (Å²) in [7, 11) is 0. The van der Waals surface area contributed by atoms with Crippen molar-refractivity contribution in [3.05, 3.63) is 28.8 Å². The summed E-state index contributed by atoms with van der Waals surface area (Å²) in [4.78, 5) is 33.0. The third-order valence-corrected chi connectivity index (χ3v) is 2.76. The summed E-state index contributed by atoms with van der Waals surface area (Å²) in [5.74, 6) is -2.76. The van der Waals surface area contributed by atoms with Crippen molar-refractivity contribution in [3.63, 3.8) is 0 Å². The number of anilines is 1. The molecule has 0 aliphatic rings. The molecule has 1 rings (SSSR count). The van der Waals surface area contributed by atoms with E-state index in [0.717, 1.165) is 0 Å². The van der Waals surface area contributed by atoms with Crippen molar-refractivity contribution in [1.29, 1.82) is 0 Å². The van der Waals surface area contributed by atoms with Crippen LogP contribution in [0.5, 0.6) is 0 Å². The molecule has 0 aromatic heterocycles. The summed E-state index contributed by atoms with van der Waals surface area (Å²) >= 11 is 5.90. The topological polar surface area (TPSA) is 116 Å². The highest BCUT2D eigenvalue weighted by molar-refractivity contribution is 6.33. The minimum absolute atomic E-state index is 0.297. The van der Waals surface area contributed by atoms with Crippen LogP contribution in [0.3, 0.4) is 0 Å². The standard InChI is InChI=1S/C12H13ClN2O5/c1-6-3-2-4-7(13)10(6)15-12(20)14-8(11(18)19)5-9(16)17/h2-4,8H,5H2,1H3,(H,16,17)(H,18,19)(H2,14,15,20)/t8-/m0/s1. The van der Waals surface area contributed by atoms with Crippen molar-refractivity contribution in [1.82, 2.24) is 5.32 Å². The number of carbonyl (C=O) groups excluding carboxylic acids is 1. The number of benzene rings is 1.